The van der Waals surface area contributed by atoms with E-state index >= 15 is 4.39 Å². The zero-order chi connectivity index (χ0) is 34.3. The van der Waals surface area contributed by atoms with Gasteiger partial charge in [0.1, 0.15) is 23.6 Å². The van der Waals surface area contributed by atoms with E-state index in [4.69, 9.17) is 0 Å². The lowest BCUT2D eigenvalue weighted by Gasteiger charge is -2.39. The molecule has 1 aliphatic carbocycles. The molecule has 2 fully saturated rings. The molecule has 12 heteroatoms. The first kappa shape index (κ1) is 36.4. The smallest absolute Gasteiger partial charge is 0.270 e. The highest BCUT2D eigenvalue weighted by atomic mass is 32.2. The van der Waals surface area contributed by atoms with Gasteiger partial charge in [-0.3, -0.25) is 23.9 Å². The molecule has 0 bridgehead atoms. The third-order valence-corrected chi connectivity index (χ3v) is 10.9. The minimum atomic E-state index is -0.957. The van der Waals surface area contributed by atoms with Gasteiger partial charge >= 0.3 is 0 Å². The second-order valence-electron chi connectivity index (χ2n) is 13.4. The Bertz CT molecular complexity index is 1420. The number of carbonyl (C=O) groups is 4. The molecule has 1 saturated carbocycles. The number of carbonyl (C=O) groups excluding carboxylic acids is 4. The Morgan fingerprint density at radius 3 is 2.43 bits per heavy atom. The predicted octanol–water partition coefficient (Wildman–Crippen LogP) is 4.99. The lowest BCUT2D eigenvalue weighted by molar-refractivity contribution is -0.138. The van der Waals surface area contributed by atoms with E-state index in [2.05, 4.69) is 34.9 Å². The van der Waals surface area contributed by atoms with Crippen LogP contribution in [0.5, 0.6) is 0 Å². The highest BCUT2D eigenvalue weighted by Crippen LogP contribution is 2.38. The number of hydrogen-bond donors (Lipinski definition) is 3. The summed E-state index contributed by atoms with van der Waals surface area (Å²) in [5.74, 6) is 0.311. The first-order chi connectivity index (χ1) is 22.4. The van der Waals surface area contributed by atoms with Crippen molar-refractivity contribution >= 4 is 41.1 Å². The summed E-state index contributed by atoms with van der Waals surface area (Å²) >= 11 is 1.78. The number of aromatic nitrogens is 2. The summed E-state index contributed by atoms with van der Waals surface area (Å²) < 4.78 is 17.5. The number of halogens is 1. The van der Waals surface area contributed by atoms with Crippen molar-refractivity contribution in [3.63, 3.8) is 0 Å². The third-order valence-electron chi connectivity index (χ3n) is 9.96. The van der Waals surface area contributed by atoms with Crippen molar-refractivity contribution in [2.24, 2.45) is 17.8 Å². The van der Waals surface area contributed by atoms with E-state index in [-0.39, 0.29) is 35.8 Å². The van der Waals surface area contributed by atoms with Crippen LogP contribution in [0.3, 0.4) is 0 Å². The van der Waals surface area contributed by atoms with Crippen molar-refractivity contribution in [3.8, 4) is 0 Å². The van der Waals surface area contributed by atoms with E-state index in [1.807, 2.05) is 20.8 Å². The number of nitrogens with one attached hydrogen (secondary N) is 3. The average molecular weight is 671 g/mol. The first-order valence-corrected chi connectivity index (χ1v) is 18.2. The molecule has 1 unspecified atom stereocenters. The number of nitrogens with zero attached hydrogens (tertiary/aromatic N) is 3. The van der Waals surface area contributed by atoms with E-state index in [1.54, 1.807) is 46.6 Å². The summed E-state index contributed by atoms with van der Waals surface area (Å²) in [6, 6.07) is 4.37. The molecule has 2 aliphatic rings. The van der Waals surface area contributed by atoms with Gasteiger partial charge in [0.15, 0.2) is 0 Å². The summed E-state index contributed by atoms with van der Waals surface area (Å²) in [5.41, 5.74) is -0.0953. The van der Waals surface area contributed by atoms with Crippen molar-refractivity contribution in [2.45, 2.75) is 97.7 Å². The molecule has 5 atom stereocenters. The van der Waals surface area contributed by atoms with Crippen LogP contribution in [-0.4, -0.2) is 75.0 Å². The molecule has 2 heterocycles. The zero-order valence-corrected chi connectivity index (χ0v) is 29.4. The van der Waals surface area contributed by atoms with E-state index in [0.29, 0.717) is 36.8 Å². The van der Waals surface area contributed by atoms with Gasteiger partial charge in [-0.2, -0.15) is 16.9 Å². The standard InChI is InChI=1S/C35H51FN6O4S/c1-7-23-20-22(4)10-12-25(23)30(40-32(44)28-14-15-37-42(28)9-3)33(45)38-27-13-11-24(21-26(27)36)35(5,6)31(39-29(43)8-2)34(46)41-16-18-47-19-17-41/h11,13-15,21-23,25,30-31H,7-10,12,16-20H2,1-6H3,(H,38,45)(H,39,43)(H,40,44)/t22-,23?,25-,30+,31+/m1/s1. The molecule has 258 valence electrons. The van der Waals surface area contributed by atoms with Crippen molar-refractivity contribution in [1.29, 1.82) is 0 Å². The largest absolute Gasteiger partial charge is 0.343 e. The highest BCUT2D eigenvalue weighted by Gasteiger charge is 2.41. The number of anilines is 1. The van der Waals surface area contributed by atoms with Crippen LogP contribution in [0.25, 0.3) is 0 Å². The van der Waals surface area contributed by atoms with Gasteiger partial charge in [0.05, 0.1) is 5.69 Å². The fourth-order valence-electron chi connectivity index (χ4n) is 6.96. The minimum absolute atomic E-state index is 0.0156. The molecule has 3 N–H and O–H groups in total. The average Bonchev–Trinajstić information content (AvgIpc) is 3.56. The summed E-state index contributed by atoms with van der Waals surface area (Å²) in [7, 11) is 0. The Morgan fingerprint density at radius 1 is 1.06 bits per heavy atom. The quantitative estimate of drug-likeness (QED) is 0.292. The van der Waals surface area contributed by atoms with Crippen LogP contribution in [0.15, 0.2) is 30.5 Å². The van der Waals surface area contributed by atoms with E-state index in [9.17, 15) is 19.2 Å². The van der Waals surface area contributed by atoms with Gasteiger partial charge in [-0.25, -0.2) is 4.39 Å². The number of amides is 4. The summed E-state index contributed by atoms with van der Waals surface area (Å²) in [6.45, 7) is 13.3. The lowest BCUT2D eigenvalue weighted by atomic mass is 9.70. The molecule has 0 radical (unpaired) electrons. The van der Waals surface area contributed by atoms with Crippen LogP contribution in [0.1, 0.15) is 89.7 Å². The van der Waals surface area contributed by atoms with E-state index in [0.717, 1.165) is 37.2 Å². The van der Waals surface area contributed by atoms with Gasteiger partial charge in [0.25, 0.3) is 5.91 Å². The Kier molecular flexibility index (Phi) is 12.5. The molecule has 47 heavy (non-hydrogen) atoms. The minimum Gasteiger partial charge on any atom is -0.343 e. The summed E-state index contributed by atoms with van der Waals surface area (Å²) in [4.78, 5) is 55.4. The number of rotatable bonds is 12. The van der Waals surface area contributed by atoms with Gasteiger partial charge in [-0.15, -0.1) is 0 Å². The molecule has 1 saturated heterocycles. The Labute approximate surface area is 282 Å². The SMILES string of the molecule is CCC(=O)N[C@@H](C(=O)N1CCSCC1)C(C)(C)c1ccc(NC(=O)[C@@H](NC(=O)c2ccnn2CC)[C@@H]2CC[C@@H](C)CC2CC)c(F)c1. The highest BCUT2D eigenvalue weighted by molar-refractivity contribution is 7.99. The number of aryl methyl sites for hydroxylation is 1. The predicted molar refractivity (Wildman–Crippen MR) is 184 cm³/mol. The molecule has 10 nitrogen and oxygen atoms in total. The molecule has 1 aromatic carbocycles. The molecule has 1 aliphatic heterocycles. The van der Waals surface area contributed by atoms with Crippen LogP contribution in [0.4, 0.5) is 10.1 Å². The molecule has 4 rings (SSSR count). The maximum absolute atomic E-state index is 15.9. The normalized spacial score (nSPS) is 21.4. The fraction of sp³-hybridized carbons (Fsp3) is 0.629. The van der Waals surface area contributed by atoms with Crippen molar-refractivity contribution in [1.82, 2.24) is 25.3 Å². The molecule has 2 aromatic rings. The Morgan fingerprint density at radius 2 is 1.79 bits per heavy atom. The fourth-order valence-corrected chi connectivity index (χ4v) is 7.87. The topological polar surface area (TPSA) is 125 Å². The monoisotopic (exact) mass is 670 g/mol. The van der Waals surface area contributed by atoms with Gasteiger partial charge in [0.2, 0.25) is 17.7 Å². The Hall–Kier alpha value is -3.41. The van der Waals surface area contributed by atoms with Crippen molar-refractivity contribution in [2.75, 3.05) is 29.9 Å². The number of thioether (sulfide) groups is 1. The van der Waals surface area contributed by atoms with Crippen LogP contribution in [0.2, 0.25) is 0 Å². The number of benzene rings is 1. The Balaban J connectivity index is 1.59. The van der Waals surface area contributed by atoms with E-state index < -0.39 is 35.1 Å². The number of hydrogen-bond acceptors (Lipinski definition) is 6. The molecule has 0 spiro atoms. The van der Waals surface area contributed by atoms with Gasteiger partial charge in [-0.05, 0) is 61.3 Å². The van der Waals surface area contributed by atoms with Crippen molar-refractivity contribution < 1.29 is 23.6 Å². The molecule has 1 aromatic heterocycles. The summed E-state index contributed by atoms with van der Waals surface area (Å²) in [6.07, 6.45) is 5.31. The second kappa shape index (κ2) is 16.1. The van der Waals surface area contributed by atoms with E-state index in [1.165, 1.54) is 12.1 Å². The molecule has 4 amide bonds. The maximum Gasteiger partial charge on any atom is 0.270 e. The lowest BCUT2D eigenvalue weighted by Crippen LogP contribution is -2.58. The second-order valence-corrected chi connectivity index (χ2v) is 14.7. The van der Waals surface area contributed by atoms with Crippen molar-refractivity contribution in [3.05, 3.63) is 47.5 Å². The summed E-state index contributed by atoms with van der Waals surface area (Å²) in [5, 5.41) is 12.8. The third kappa shape index (κ3) is 8.55. The van der Waals surface area contributed by atoms with Crippen LogP contribution in [-0.2, 0) is 26.3 Å². The zero-order valence-electron chi connectivity index (χ0n) is 28.6. The first-order valence-electron chi connectivity index (χ1n) is 17.0. The maximum atomic E-state index is 15.9. The van der Waals surface area contributed by atoms with Crippen LogP contribution >= 0.6 is 11.8 Å². The van der Waals surface area contributed by atoms with Crippen LogP contribution in [0, 0.1) is 23.6 Å². The molecular formula is C35H51FN6O4S. The van der Waals surface area contributed by atoms with Gasteiger partial charge in [-0.1, -0.05) is 53.5 Å². The van der Waals surface area contributed by atoms with Crippen LogP contribution < -0.4 is 16.0 Å². The van der Waals surface area contributed by atoms with Gasteiger partial charge < -0.3 is 20.9 Å². The van der Waals surface area contributed by atoms with Gasteiger partial charge in [0, 0.05) is 49.2 Å². The molecular weight excluding hydrogens is 619 g/mol.